The highest BCUT2D eigenvalue weighted by Gasteiger charge is 2.19. The van der Waals surface area contributed by atoms with E-state index in [2.05, 4.69) is 27.7 Å². The Kier molecular flexibility index (Phi) is 46.2. The molecule has 0 aliphatic carbocycles. The van der Waals surface area contributed by atoms with Crippen LogP contribution in [-0.4, -0.2) is 37.2 Å². The van der Waals surface area contributed by atoms with E-state index in [0.717, 1.165) is 63.7 Å². The van der Waals surface area contributed by atoms with Crippen LogP contribution in [0.4, 0.5) is 0 Å². The van der Waals surface area contributed by atoms with E-state index in [9.17, 15) is 14.4 Å². The van der Waals surface area contributed by atoms with E-state index in [1.54, 1.807) is 0 Å². The number of rotatable bonds is 48. The summed E-state index contributed by atoms with van der Waals surface area (Å²) in [6.45, 7) is 9.03. The minimum Gasteiger partial charge on any atom is -0.462 e. The molecule has 0 bridgehead atoms. The molecule has 0 heterocycles. The summed E-state index contributed by atoms with van der Waals surface area (Å²) in [7, 11) is 0. The lowest BCUT2D eigenvalue weighted by Gasteiger charge is -2.18. The van der Waals surface area contributed by atoms with Gasteiger partial charge >= 0.3 is 17.9 Å². The van der Waals surface area contributed by atoms with Gasteiger partial charge in [-0.3, -0.25) is 14.4 Å². The van der Waals surface area contributed by atoms with Crippen LogP contribution in [0.3, 0.4) is 0 Å². The minimum atomic E-state index is -0.760. The van der Waals surface area contributed by atoms with E-state index < -0.39 is 6.10 Å². The number of carbonyl (C=O) groups excluding carboxylic acids is 3. The molecule has 59 heavy (non-hydrogen) atoms. The fraction of sp³-hybridized carbons (Fsp3) is 0.943. The summed E-state index contributed by atoms with van der Waals surface area (Å²) >= 11 is 0. The normalized spacial score (nSPS) is 11.9. The quantitative estimate of drug-likeness (QED) is 0.0345. The van der Waals surface area contributed by atoms with E-state index in [1.165, 1.54) is 193 Å². The van der Waals surface area contributed by atoms with Crippen molar-refractivity contribution in [2.24, 2.45) is 5.92 Å². The van der Waals surface area contributed by atoms with Crippen molar-refractivity contribution in [2.45, 2.75) is 303 Å². The van der Waals surface area contributed by atoms with Gasteiger partial charge in [0.05, 0.1) is 0 Å². The number of unbranched alkanes of at least 4 members (excludes halogenated alkanes) is 35. The summed E-state index contributed by atoms with van der Waals surface area (Å²) in [5, 5.41) is 0. The van der Waals surface area contributed by atoms with Gasteiger partial charge in [-0.2, -0.15) is 0 Å². The van der Waals surface area contributed by atoms with Gasteiger partial charge in [0, 0.05) is 19.3 Å². The maximum absolute atomic E-state index is 12.8. The molecule has 0 aromatic rings. The molecular formula is C53H102O6. The lowest BCUT2D eigenvalue weighted by Crippen LogP contribution is -2.30. The summed E-state index contributed by atoms with van der Waals surface area (Å²) < 4.78 is 16.8. The van der Waals surface area contributed by atoms with Crippen LogP contribution in [0.5, 0.6) is 0 Å². The standard InChI is InChI=1S/C53H102O6/c1-5-7-9-11-13-15-17-18-19-20-26-30-34-38-42-46-53(56)59-50(47-57-51(54)44-40-36-32-28-23-16-14-12-10-8-6-2)48-58-52(55)45-41-37-33-29-25-22-21-24-27-31-35-39-43-49(3)4/h49-50H,5-48H2,1-4H3/t50-/m0/s1. The monoisotopic (exact) mass is 835 g/mol. The second-order valence-corrected chi connectivity index (χ2v) is 18.6. The lowest BCUT2D eigenvalue weighted by atomic mass is 10.0. The molecule has 0 rings (SSSR count). The third-order valence-corrected chi connectivity index (χ3v) is 12.0. The van der Waals surface area contributed by atoms with Crippen LogP contribution in [0.15, 0.2) is 0 Å². The predicted octanol–water partition coefficient (Wildman–Crippen LogP) is 17.1. The maximum atomic E-state index is 12.8. The molecule has 0 radical (unpaired) electrons. The molecule has 6 heteroatoms. The summed E-state index contributed by atoms with van der Waals surface area (Å²) in [5.74, 6) is -0.00907. The summed E-state index contributed by atoms with van der Waals surface area (Å²) in [6, 6.07) is 0. The van der Waals surface area contributed by atoms with Gasteiger partial charge in [-0.05, 0) is 25.2 Å². The average Bonchev–Trinajstić information content (AvgIpc) is 3.22. The zero-order valence-electron chi connectivity index (χ0n) is 40.2. The molecule has 0 spiro atoms. The predicted molar refractivity (Wildman–Crippen MR) is 252 cm³/mol. The Morgan fingerprint density at radius 1 is 0.322 bits per heavy atom. The Labute approximate surface area is 368 Å². The number of hydrogen-bond acceptors (Lipinski definition) is 6. The van der Waals surface area contributed by atoms with Crippen molar-refractivity contribution in [1.82, 2.24) is 0 Å². The van der Waals surface area contributed by atoms with Gasteiger partial charge in [0.25, 0.3) is 0 Å². The van der Waals surface area contributed by atoms with Crippen LogP contribution in [0.25, 0.3) is 0 Å². The molecule has 0 saturated heterocycles. The van der Waals surface area contributed by atoms with Gasteiger partial charge in [0.2, 0.25) is 0 Å². The van der Waals surface area contributed by atoms with Gasteiger partial charge in [-0.25, -0.2) is 0 Å². The molecule has 350 valence electrons. The van der Waals surface area contributed by atoms with Crippen LogP contribution in [0.2, 0.25) is 0 Å². The number of esters is 3. The first-order valence-electron chi connectivity index (χ1n) is 26.4. The van der Waals surface area contributed by atoms with E-state index in [-0.39, 0.29) is 31.1 Å². The molecule has 0 aromatic carbocycles. The van der Waals surface area contributed by atoms with Crippen molar-refractivity contribution >= 4 is 17.9 Å². The van der Waals surface area contributed by atoms with Crippen LogP contribution < -0.4 is 0 Å². The summed E-state index contributed by atoms with van der Waals surface area (Å²) in [4.78, 5) is 37.9. The minimum absolute atomic E-state index is 0.0626. The van der Waals surface area contributed by atoms with E-state index in [0.29, 0.717) is 19.3 Å². The Balaban J connectivity index is 4.30. The van der Waals surface area contributed by atoms with Gasteiger partial charge < -0.3 is 14.2 Å². The molecule has 1 atom stereocenters. The Morgan fingerprint density at radius 3 is 0.831 bits per heavy atom. The molecule has 0 N–H and O–H groups in total. The molecule has 0 saturated carbocycles. The number of carbonyl (C=O) groups is 3. The van der Waals surface area contributed by atoms with Crippen LogP contribution in [0, 0.1) is 5.92 Å². The van der Waals surface area contributed by atoms with Crippen LogP contribution in [0.1, 0.15) is 297 Å². The van der Waals surface area contributed by atoms with Gasteiger partial charge in [-0.1, -0.05) is 259 Å². The highest BCUT2D eigenvalue weighted by atomic mass is 16.6. The highest BCUT2D eigenvalue weighted by Crippen LogP contribution is 2.17. The second kappa shape index (κ2) is 47.5. The Bertz CT molecular complexity index is 887. The second-order valence-electron chi connectivity index (χ2n) is 18.6. The van der Waals surface area contributed by atoms with Gasteiger partial charge in [0.1, 0.15) is 13.2 Å². The first kappa shape index (κ1) is 57.4. The molecule has 0 aliphatic rings. The van der Waals surface area contributed by atoms with Crippen LogP contribution in [-0.2, 0) is 28.6 Å². The molecule has 0 unspecified atom stereocenters. The van der Waals surface area contributed by atoms with E-state index in [1.807, 2.05) is 0 Å². The van der Waals surface area contributed by atoms with Gasteiger partial charge in [-0.15, -0.1) is 0 Å². The van der Waals surface area contributed by atoms with Crippen molar-refractivity contribution in [3.05, 3.63) is 0 Å². The molecule has 0 amide bonds. The smallest absolute Gasteiger partial charge is 0.306 e. The third kappa shape index (κ3) is 47.3. The van der Waals surface area contributed by atoms with Crippen LogP contribution >= 0.6 is 0 Å². The molecule has 0 aliphatic heterocycles. The lowest BCUT2D eigenvalue weighted by molar-refractivity contribution is -0.167. The summed E-state index contributed by atoms with van der Waals surface area (Å²) in [6.07, 6.45) is 49.4. The summed E-state index contributed by atoms with van der Waals surface area (Å²) in [5.41, 5.74) is 0. The first-order chi connectivity index (χ1) is 28.9. The Morgan fingerprint density at radius 2 is 0.559 bits per heavy atom. The molecule has 6 nitrogen and oxygen atoms in total. The highest BCUT2D eigenvalue weighted by molar-refractivity contribution is 5.71. The third-order valence-electron chi connectivity index (χ3n) is 12.0. The number of ether oxygens (including phenoxy) is 3. The SMILES string of the molecule is CCCCCCCCCCCCCCCCCC(=O)O[C@@H](COC(=O)CCCCCCCCCCCCC)COC(=O)CCCCCCCCCCCCCCC(C)C. The van der Waals surface area contributed by atoms with E-state index in [4.69, 9.17) is 14.2 Å². The fourth-order valence-electron chi connectivity index (χ4n) is 8.04. The Hall–Kier alpha value is -1.59. The van der Waals surface area contributed by atoms with Crippen molar-refractivity contribution in [3.63, 3.8) is 0 Å². The van der Waals surface area contributed by atoms with Crippen molar-refractivity contribution in [3.8, 4) is 0 Å². The zero-order valence-corrected chi connectivity index (χ0v) is 40.2. The van der Waals surface area contributed by atoms with Gasteiger partial charge in [0.15, 0.2) is 6.10 Å². The maximum Gasteiger partial charge on any atom is 0.306 e. The first-order valence-corrected chi connectivity index (χ1v) is 26.4. The largest absolute Gasteiger partial charge is 0.462 e. The van der Waals surface area contributed by atoms with Crippen molar-refractivity contribution in [2.75, 3.05) is 13.2 Å². The number of hydrogen-bond donors (Lipinski definition) is 0. The fourth-order valence-corrected chi connectivity index (χ4v) is 8.04. The van der Waals surface area contributed by atoms with Crippen molar-refractivity contribution in [1.29, 1.82) is 0 Å². The van der Waals surface area contributed by atoms with E-state index >= 15 is 0 Å². The topological polar surface area (TPSA) is 78.9 Å². The molecule has 0 aromatic heterocycles. The molecular weight excluding hydrogens is 733 g/mol. The average molecular weight is 835 g/mol. The molecule has 0 fully saturated rings. The van der Waals surface area contributed by atoms with Crippen molar-refractivity contribution < 1.29 is 28.6 Å². The zero-order chi connectivity index (χ0) is 43.1.